The third-order valence-corrected chi connectivity index (χ3v) is 7.72. The Morgan fingerprint density at radius 3 is 2.33 bits per heavy atom. The molecule has 4 aliphatic carbocycles. The highest BCUT2D eigenvalue weighted by molar-refractivity contribution is 6.02. The first-order chi connectivity index (χ1) is 14.3. The number of nitrogens with one attached hydrogen (secondary N) is 1. The molecule has 4 bridgehead atoms. The van der Waals surface area contributed by atoms with Crippen LogP contribution in [-0.4, -0.2) is 21.6 Å². The largest absolute Gasteiger partial charge is 0.480 e. The van der Waals surface area contributed by atoms with Crippen molar-refractivity contribution in [3.63, 3.8) is 0 Å². The Labute approximate surface area is 175 Å². The van der Waals surface area contributed by atoms with Gasteiger partial charge in [-0.15, -0.1) is 0 Å². The summed E-state index contributed by atoms with van der Waals surface area (Å²) in [7, 11) is 0. The number of hydrogen-bond donors (Lipinski definition) is 2. The monoisotopic (exact) mass is 408 g/mol. The summed E-state index contributed by atoms with van der Waals surface area (Å²) in [6.07, 6.45) is 9.65. The summed E-state index contributed by atoms with van der Waals surface area (Å²) in [6, 6.07) is 5.99. The lowest BCUT2D eigenvalue weighted by atomic mass is 9.49. The molecular weight excluding hydrogens is 380 g/mol. The smallest absolute Gasteiger partial charge is 0.326 e. The average Bonchev–Trinajstić information content (AvgIpc) is 2.66. The van der Waals surface area contributed by atoms with Crippen LogP contribution in [0.1, 0.15) is 57.9 Å². The molecule has 1 atom stereocenters. The van der Waals surface area contributed by atoms with Crippen LogP contribution in [0.25, 0.3) is 10.8 Å². The zero-order chi connectivity index (χ0) is 21.0. The number of carboxylic acid groups (broad SMARTS) is 1. The van der Waals surface area contributed by atoms with Gasteiger partial charge in [0.2, 0.25) is 5.91 Å². The molecule has 4 saturated carbocycles. The number of carbonyl (C=O) groups excluding carboxylic acids is 1. The van der Waals surface area contributed by atoms with E-state index in [9.17, 15) is 19.5 Å². The van der Waals surface area contributed by atoms with Gasteiger partial charge in [0.25, 0.3) is 5.56 Å². The van der Waals surface area contributed by atoms with E-state index in [1.54, 1.807) is 18.2 Å². The number of fused-ring (bicyclic) bond motifs is 1. The van der Waals surface area contributed by atoms with Crippen LogP contribution < -0.4 is 10.9 Å². The van der Waals surface area contributed by atoms with Crippen molar-refractivity contribution < 1.29 is 14.7 Å². The van der Waals surface area contributed by atoms with Gasteiger partial charge in [0.1, 0.15) is 6.04 Å². The van der Waals surface area contributed by atoms with Crippen LogP contribution in [0.5, 0.6) is 0 Å². The zero-order valence-corrected chi connectivity index (χ0v) is 17.3. The molecule has 6 nitrogen and oxygen atoms in total. The van der Waals surface area contributed by atoms with Gasteiger partial charge in [-0.3, -0.25) is 9.59 Å². The number of aromatic nitrogens is 1. The summed E-state index contributed by atoms with van der Waals surface area (Å²) in [5.74, 6) is 1.37. The third kappa shape index (κ3) is 3.22. The topological polar surface area (TPSA) is 88.4 Å². The molecule has 6 rings (SSSR count). The Morgan fingerprint density at radius 2 is 1.73 bits per heavy atom. The van der Waals surface area contributed by atoms with E-state index in [4.69, 9.17) is 0 Å². The predicted molar refractivity (Wildman–Crippen MR) is 114 cm³/mol. The maximum absolute atomic E-state index is 13.0. The summed E-state index contributed by atoms with van der Waals surface area (Å²) in [6.45, 7) is 1.48. The van der Waals surface area contributed by atoms with Crippen molar-refractivity contribution >= 4 is 28.3 Å². The van der Waals surface area contributed by atoms with Crippen LogP contribution in [-0.2, 0) is 9.59 Å². The standard InChI is InChI=1S/C24H28N2O4/c1-14(23(29)30)26-6-5-18-19(22(26)28)3-2-4-20(18)25-21(27)13-24-10-15-7-16(11-24)9-17(8-15)12-24/h2-6,14-17H,7-13H2,1H3,(H,25,27)(H,29,30)/t14-,15?,16?,17?,24?/m1/s1. The Bertz CT molecular complexity index is 1050. The number of carbonyl (C=O) groups is 2. The van der Waals surface area contributed by atoms with E-state index >= 15 is 0 Å². The van der Waals surface area contributed by atoms with Crippen LogP contribution in [0, 0.1) is 23.2 Å². The first-order valence-corrected chi connectivity index (χ1v) is 11.0. The van der Waals surface area contributed by atoms with Crippen molar-refractivity contribution in [2.24, 2.45) is 23.2 Å². The fourth-order valence-electron chi connectivity index (χ4n) is 6.87. The van der Waals surface area contributed by atoms with Crippen molar-refractivity contribution in [2.75, 3.05) is 5.32 Å². The van der Waals surface area contributed by atoms with Gasteiger partial charge in [-0.05, 0) is 86.8 Å². The molecule has 1 amide bonds. The number of rotatable bonds is 5. The van der Waals surface area contributed by atoms with Gasteiger partial charge in [0.15, 0.2) is 0 Å². The molecule has 4 fully saturated rings. The minimum atomic E-state index is -1.06. The minimum absolute atomic E-state index is 0.0209. The second-order valence-corrected chi connectivity index (χ2v) is 9.95. The number of carboxylic acids is 1. The average molecular weight is 408 g/mol. The molecule has 1 heterocycles. The Hall–Kier alpha value is -2.63. The molecule has 0 aliphatic heterocycles. The summed E-state index contributed by atoms with van der Waals surface area (Å²) >= 11 is 0. The molecule has 0 saturated heterocycles. The van der Waals surface area contributed by atoms with Gasteiger partial charge in [0.05, 0.1) is 0 Å². The van der Waals surface area contributed by atoms with Crippen molar-refractivity contribution in [2.45, 2.75) is 57.9 Å². The summed E-state index contributed by atoms with van der Waals surface area (Å²) in [5, 5.41) is 13.4. The molecule has 0 unspecified atom stereocenters. The normalized spacial score (nSPS) is 30.4. The quantitative estimate of drug-likeness (QED) is 0.776. The Kier molecular flexibility index (Phi) is 4.49. The molecule has 1 aromatic heterocycles. The van der Waals surface area contributed by atoms with Gasteiger partial charge in [-0.1, -0.05) is 6.07 Å². The molecule has 1 aromatic carbocycles. The SMILES string of the molecule is C[C@H](C(=O)O)n1ccc2c(NC(=O)CC34CC5CC(CC(C5)C3)C4)cccc2c1=O. The summed E-state index contributed by atoms with van der Waals surface area (Å²) < 4.78 is 1.21. The first-order valence-electron chi connectivity index (χ1n) is 11.0. The number of aliphatic carboxylic acids is 1. The van der Waals surface area contributed by atoms with E-state index in [2.05, 4.69) is 5.32 Å². The lowest BCUT2D eigenvalue weighted by Crippen LogP contribution is -2.47. The number of hydrogen-bond acceptors (Lipinski definition) is 3. The van der Waals surface area contributed by atoms with Crippen molar-refractivity contribution in [3.8, 4) is 0 Å². The van der Waals surface area contributed by atoms with Gasteiger partial charge in [0, 0.05) is 29.1 Å². The van der Waals surface area contributed by atoms with Gasteiger partial charge in [-0.2, -0.15) is 0 Å². The highest BCUT2D eigenvalue weighted by Crippen LogP contribution is 2.61. The first kappa shape index (κ1) is 19.3. The van der Waals surface area contributed by atoms with Crippen LogP contribution in [0.3, 0.4) is 0 Å². The molecule has 6 heteroatoms. The summed E-state index contributed by atoms with van der Waals surface area (Å²) in [4.78, 5) is 37.1. The molecule has 158 valence electrons. The fraction of sp³-hybridized carbons (Fsp3) is 0.542. The van der Waals surface area contributed by atoms with E-state index in [0.29, 0.717) is 22.9 Å². The molecule has 30 heavy (non-hydrogen) atoms. The zero-order valence-electron chi connectivity index (χ0n) is 17.3. The predicted octanol–water partition coefficient (Wildman–Crippen LogP) is 4.19. The lowest BCUT2D eigenvalue weighted by Gasteiger charge is -2.56. The van der Waals surface area contributed by atoms with E-state index in [-0.39, 0.29) is 16.9 Å². The van der Waals surface area contributed by atoms with Gasteiger partial charge >= 0.3 is 5.97 Å². The van der Waals surface area contributed by atoms with Crippen LogP contribution >= 0.6 is 0 Å². The highest BCUT2D eigenvalue weighted by atomic mass is 16.4. The van der Waals surface area contributed by atoms with Crippen LogP contribution in [0.4, 0.5) is 5.69 Å². The molecule has 0 spiro atoms. The second kappa shape index (κ2) is 6.96. The molecule has 2 N–H and O–H groups in total. The highest BCUT2D eigenvalue weighted by Gasteiger charge is 2.51. The molecular formula is C24H28N2O4. The number of amides is 1. The number of benzene rings is 1. The van der Waals surface area contributed by atoms with Crippen LogP contribution in [0.15, 0.2) is 35.3 Å². The number of nitrogens with zero attached hydrogens (tertiary/aromatic N) is 1. The number of anilines is 1. The minimum Gasteiger partial charge on any atom is -0.480 e. The number of pyridine rings is 1. The lowest BCUT2D eigenvalue weighted by molar-refractivity contribution is -0.140. The van der Waals surface area contributed by atoms with E-state index in [1.165, 1.54) is 56.2 Å². The van der Waals surface area contributed by atoms with Gasteiger partial charge < -0.3 is 15.0 Å². The van der Waals surface area contributed by atoms with E-state index in [1.807, 2.05) is 6.07 Å². The third-order valence-electron chi connectivity index (χ3n) is 7.72. The van der Waals surface area contributed by atoms with Crippen molar-refractivity contribution in [1.82, 2.24) is 4.57 Å². The maximum Gasteiger partial charge on any atom is 0.326 e. The second-order valence-electron chi connectivity index (χ2n) is 9.95. The van der Waals surface area contributed by atoms with Crippen molar-refractivity contribution in [1.29, 1.82) is 0 Å². The molecule has 0 radical (unpaired) electrons. The van der Waals surface area contributed by atoms with Crippen molar-refractivity contribution in [3.05, 3.63) is 40.8 Å². The van der Waals surface area contributed by atoms with Crippen LogP contribution in [0.2, 0.25) is 0 Å². The fourth-order valence-corrected chi connectivity index (χ4v) is 6.87. The Balaban J connectivity index is 1.39. The molecule has 2 aromatic rings. The maximum atomic E-state index is 13.0. The Morgan fingerprint density at radius 1 is 1.10 bits per heavy atom. The molecule has 4 aliphatic rings. The summed E-state index contributed by atoms with van der Waals surface area (Å²) in [5.41, 5.74) is 0.418. The van der Waals surface area contributed by atoms with Gasteiger partial charge in [-0.25, -0.2) is 4.79 Å². The van der Waals surface area contributed by atoms with E-state index < -0.39 is 12.0 Å². The van der Waals surface area contributed by atoms with E-state index in [0.717, 1.165) is 17.8 Å².